The molecule has 3 aromatic carbocycles. The second-order valence-corrected chi connectivity index (χ2v) is 7.77. The summed E-state index contributed by atoms with van der Waals surface area (Å²) in [5.41, 5.74) is 2.25. The Balaban J connectivity index is 1.30. The van der Waals surface area contributed by atoms with E-state index in [-0.39, 0.29) is 30.3 Å². The lowest BCUT2D eigenvalue weighted by Gasteiger charge is -2.16. The van der Waals surface area contributed by atoms with Crippen LogP contribution in [0.25, 0.3) is 10.8 Å². The lowest BCUT2D eigenvalue weighted by Crippen LogP contribution is -2.38. The highest BCUT2D eigenvalue weighted by atomic mass is 16.2. The minimum atomic E-state index is -0.326. The highest BCUT2D eigenvalue weighted by molar-refractivity contribution is 5.98. The SMILES string of the molecule is CC(NC(=O)CNC(=O)c1ccc(N2CCCC2=O)cc1)c1ccc2ccccc2c1. The summed E-state index contributed by atoms with van der Waals surface area (Å²) < 4.78 is 0. The minimum absolute atomic E-state index is 0.106. The molecule has 0 radical (unpaired) electrons. The van der Waals surface area contributed by atoms with Crippen molar-refractivity contribution in [3.05, 3.63) is 77.9 Å². The molecular weight excluding hydrogens is 390 g/mol. The van der Waals surface area contributed by atoms with Gasteiger partial charge in [0.2, 0.25) is 11.8 Å². The average molecular weight is 415 g/mol. The number of amides is 3. The summed E-state index contributed by atoms with van der Waals surface area (Å²) in [7, 11) is 0. The van der Waals surface area contributed by atoms with Gasteiger partial charge in [0.15, 0.2) is 0 Å². The molecule has 1 saturated heterocycles. The zero-order valence-corrected chi connectivity index (χ0v) is 17.4. The molecule has 0 spiro atoms. The van der Waals surface area contributed by atoms with Gasteiger partial charge in [0.25, 0.3) is 5.91 Å². The quantitative estimate of drug-likeness (QED) is 0.646. The van der Waals surface area contributed by atoms with Crippen LogP contribution in [0.4, 0.5) is 5.69 Å². The van der Waals surface area contributed by atoms with Crippen LogP contribution in [0.1, 0.15) is 41.7 Å². The molecule has 0 saturated carbocycles. The fourth-order valence-electron chi connectivity index (χ4n) is 3.83. The van der Waals surface area contributed by atoms with Crippen molar-refractivity contribution in [3.63, 3.8) is 0 Å². The van der Waals surface area contributed by atoms with E-state index >= 15 is 0 Å². The topological polar surface area (TPSA) is 78.5 Å². The first-order valence-electron chi connectivity index (χ1n) is 10.5. The smallest absolute Gasteiger partial charge is 0.251 e. The molecule has 0 bridgehead atoms. The Hall–Kier alpha value is -3.67. The number of carbonyl (C=O) groups is 3. The van der Waals surface area contributed by atoms with Crippen molar-refractivity contribution in [2.45, 2.75) is 25.8 Å². The summed E-state index contributed by atoms with van der Waals surface area (Å²) in [6, 6.07) is 20.9. The van der Waals surface area contributed by atoms with Crippen LogP contribution in [0.3, 0.4) is 0 Å². The summed E-state index contributed by atoms with van der Waals surface area (Å²) in [6.07, 6.45) is 1.42. The number of hydrogen-bond donors (Lipinski definition) is 2. The largest absolute Gasteiger partial charge is 0.348 e. The monoisotopic (exact) mass is 415 g/mol. The van der Waals surface area contributed by atoms with E-state index < -0.39 is 0 Å². The third-order valence-corrected chi connectivity index (χ3v) is 5.58. The van der Waals surface area contributed by atoms with Gasteiger partial charge in [0, 0.05) is 24.2 Å². The fourth-order valence-corrected chi connectivity index (χ4v) is 3.83. The molecule has 1 atom stereocenters. The van der Waals surface area contributed by atoms with Gasteiger partial charge in [-0.2, -0.15) is 0 Å². The van der Waals surface area contributed by atoms with Crippen molar-refractivity contribution in [1.29, 1.82) is 0 Å². The molecule has 3 amide bonds. The molecule has 31 heavy (non-hydrogen) atoms. The number of hydrogen-bond acceptors (Lipinski definition) is 3. The van der Waals surface area contributed by atoms with Gasteiger partial charge in [-0.25, -0.2) is 0 Å². The van der Waals surface area contributed by atoms with Gasteiger partial charge in [0.1, 0.15) is 0 Å². The Kier molecular flexibility index (Phi) is 5.98. The first-order chi connectivity index (χ1) is 15.0. The van der Waals surface area contributed by atoms with Crippen molar-refractivity contribution in [2.75, 3.05) is 18.0 Å². The molecule has 1 aliphatic rings. The standard InChI is InChI=1S/C25H25N3O3/c1-17(20-9-8-18-5-2-3-6-21(18)15-20)27-23(29)16-26-25(31)19-10-12-22(13-11-19)28-14-4-7-24(28)30/h2-3,5-6,8-13,15,17H,4,7,14,16H2,1H3,(H,26,31)(H,27,29). The van der Waals surface area contributed by atoms with Gasteiger partial charge < -0.3 is 15.5 Å². The average Bonchev–Trinajstić information content (AvgIpc) is 3.23. The molecule has 0 aliphatic carbocycles. The number of nitrogens with zero attached hydrogens (tertiary/aromatic N) is 1. The lowest BCUT2D eigenvalue weighted by atomic mass is 10.0. The Morgan fingerprint density at radius 1 is 1.00 bits per heavy atom. The number of nitrogens with one attached hydrogen (secondary N) is 2. The van der Waals surface area contributed by atoms with E-state index in [1.807, 2.05) is 43.3 Å². The molecule has 0 aromatic heterocycles. The van der Waals surface area contributed by atoms with E-state index in [2.05, 4.69) is 16.7 Å². The highest BCUT2D eigenvalue weighted by Crippen LogP contribution is 2.22. The van der Waals surface area contributed by atoms with Crippen LogP contribution in [-0.4, -0.2) is 30.8 Å². The maximum absolute atomic E-state index is 12.4. The summed E-state index contributed by atoms with van der Waals surface area (Å²) in [5, 5.41) is 7.84. The Morgan fingerprint density at radius 2 is 1.74 bits per heavy atom. The van der Waals surface area contributed by atoms with Crippen LogP contribution in [0.15, 0.2) is 66.7 Å². The van der Waals surface area contributed by atoms with E-state index in [1.54, 1.807) is 29.2 Å². The van der Waals surface area contributed by atoms with Crippen LogP contribution in [-0.2, 0) is 9.59 Å². The van der Waals surface area contributed by atoms with E-state index in [1.165, 1.54) is 0 Å². The van der Waals surface area contributed by atoms with E-state index in [0.29, 0.717) is 18.5 Å². The maximum atomic E-state index is 12.4. The molecule has 1 fully saturated rings. The van der Waals surface area contributed by atoms with Crippen molar-refractivity contribution >= 4 is 34.2 Å². The van der Waals surface area contributed by atoms with Crippen LogP contribution in [0, 0.1) is 0 Å². The van der Waals surface area contributed by atoms with E-state index in [0.717, 1.165) is 28.4 Å². The van der Waals surface area contributed by atoms with Crippen molar-refractivity contribution in [1.82, 2.24) is 10.6 Å². The molecule has 1 heterocycles. The number of rotatable bonds is 6. The Morgan fingerprint density at radius 3 is 2.45 bits per heavy atom. The van der Waals surface area contributed by atoms with Crippen molar-refractivity contribution < 1.29 is 14.4 Å². The van der Waals surface area contributed by atoms with Crippen LogP contribution in [0.5, 0.6) is 0 Å². The summed E-state index contributed by atoms with van der Waals surface area (Å²) in [4.78, 5) is 38.3. The predicted octanol–water partition coefficient (Wildman–Crippen LogP) is 3.57. The van der Waals surface area contributed by atoms with Gasteiger partial charge in [-0.3, -0.25) is 14.4 Å². The van der Waals surface area contributed by atoms with Crippen LogP contribution < -0.4 is 15.5 Å². The first kappa shape index (κ1) is 20.6. The Labute approximate surface area is 181 Å². The molecule has 4 rings (SSSR count). The number of carbonyl (C=O) groups excluding carboxylic acids is 3. The highest BCUT2D eigenvalue weighted by Gasteiger charge is 2.21. The lowest BCUT2D eigenvalue weighted by molar-refractivity contribution is -0.120. The van der Waals surface area contributed by atoms with Gasteiger partial charge in [-0.15, -0.1) is 0 Å². The van der Waals surface area contributed by atoms with Gasteiger partial charge >= 0.3 is 0 Å². The number of fused-ring (bicyclic) bond motifs is 1. The molecule has 158 valence electrons. The van der Waals surface area contributed by atoms with Crippen LogP contribution >= 0.6 is 0 Å². The third kappa shape index (κ3) is 4.74. The summed E-state index contributed by atoms with van der Waals surface area (Å²) in [5.74, 6) is -0.476. The molecule has 3 aromatic rings. The van der Waals surface area contributed by atoms with E-state index in [9.17, 15) is 14.4 Å². The minimum Gasteiger partial charge on any atom is -0.348 e. The predicted molar refractivity (Wildman–Crippen MR) is 121 cm³/mol. The van der Waals surface area contributed by atoms with Gasteiger partial charge in [0.05, 0.1) is 12.6 Å². The first-order valence-corrected chi connectivity index (χ1v) is 10.5. The molecule has 1 unspecified atom stereocenters. The summed E-state index contributed by atoms with van der Waals surface area (Å²) >= 11 is 0. The van der Waals surface area contributed by atoms with Gasteiger partial charge in [-0.05, 0) is 60.0 Å². The van der Waals surface area contributed by atoms with Crippen LogP contribution in [0.2, 0.25) is 0 Å². The van der Waals surface area contributed by atoms with Crippen molar-refractivity contribution in [3.8, 4) is 0 Å². The molecule has 2 N–H and O–H groups in total. The van der Waals surface area contributed by atoms with E-state index in [4.69, 9.17) is 0 Å². The number of benzene rings is 3. The number of anilines is 1. The molecule has 6 heteroatoms. The molecular formula is C25H25N3O3. The fraction of sp³-hybridized carbons (Fsp3) is 0.240. The third-order valence-electron chi connectivity index (χ3n) is 5.58. The maximum Gasteiger partial charge on any atom is 0.251 e. The Bertz CT molecular complexity index is 1120. The van der Waals surface area contributed by atoms with Gasteiger partial charge in [-0.1, -0.05) is 36.4 Å². The van der Waals surface area contributed by atoms with Crippen molar-refractivity contribution in [2.24, 2.45) is 0 Å². The normalized spacial score (nSPS) is 14.5. The zero-order valence-electron chi connectivity index (χ0n) is 17.4. The molecule has 1 aliphatic heterocycles. The second kappa shape index (κ2) is 9.00. The summed E-state index contributed by atoms with van der Waals surface area (Å²) in [6.45, 7) is 2.52. The zero-order chi connectivity index (χ0) is 21.8. The second-order valence-electron chi connectivity index (χ2n) is 7.77. The molecule has 6 nitrogen and oxygen atoms in total.